The molecule has 0 atom stereocenters. The van der Waals surface area contributed by atoms with Crippen LogP contribution in [0.15, 0.2) is 12.4 Å². The molecule has 8 heteroatoms. The van der Waals surface area contributed by atoms with Crippen molar-refractivity contribution >= 4 is 35.3 Å². The van der Waals surface area contributed by atoms with Crippen LogP contribution in [0, 0.1) is 23.7 Å². The highest BCUT2D eigenvalue weighted by atomic mass is 16.2. The maximum atomic E-state index is 13.9. The van der Waals surface area contributed by atoms with E-state index in [1.807, 2.05) is 0 Å². The average molecular weight is 551 g/mol. The van der Waals surface area contributed by atoms with Crippen LogP contribution in [0.4, 0.5) is 11.6 Å². The van der Waals surface area contributed by atoms with Gasteiger partial charge in [-0.15, -0.1) is 0 Å². The van der Waals surface area contributed by atoms with Crippen molar-refractivity contribution in [1.29, 1.82) is 0 Å². The lowest BCUT2D eigenvalue weighted by Crippen LogP contribution is -2.47. The molecule has 4 aliphatic rings. The Hall–Kier alpha value is -2.64. The van der Waals surface area contributed by atoms with Crippen LogP contribution in [0.5, 0.6) is 0 Å². The average Bonchev–Trinajstić information content (AvgIpc) is 3.03. The lowest BCUT2D eigenvalue weighted by atomic mass is 9.85. The summed E-state index contributed by atoms with van der Waals surface area (Å²) in [4.78, 5) is 67.1. The van der Waals surface area contributed by atoms with Gasteiger partial charge in [-0.1, -0.05) is 77.0 Å². The van der Waals surface area contributed by atoms with Crippen LogP contribution in [0.3, 0.4) is 0 Å². The van der Waals surface area contributed by atoms with Gasteiger partial charge in [0.2, 0.25) is 23.6 Å². The number of amides is 4. The van der Waals surface area contributed by atoms with Crippen molar-refractivity contribution in [2.75, 3.05) is 9.80 Å². The topological polar surface area (TPSA) is 101 Å². The van der Waals surface area contributed by atoms with Crippen LogP contribution >= 0.6 is 0 Å². The zero-order valence-corrected chi connectivity index (χ0v) is 24.0. The lowest BCUT2D eigenvalue weighted by molar-refractivity contribution is -0.133. The van der Waals surface area contributed by atoms with Crippen LogP contribution in [0.1, 0.15) is 128 Å². The predicted octanol–water partition coefficient (Wildman–Crippen LogP) is 6.52. The summed E-state index contributed by atoms with van der Waals surface area (Å²) in [7, 11) is 0. The first kappa shape index (κ1) is 28.9. The summed E-state index contributed by atoms with van der Waals surface area (Å²) in [6.45, 7) is 0. The first-order valence-electron chi connectivity index (χ1n) is 16.1. The van der Waals surface area contributed by atoms with E-state index in [1.54, 1.807) is 6.07 Å². The fraction of sp³-hybridized carbons (Fsp3) is 0.750. The van der Waals surface area contributed by atoms with E-state index in [2.05, 4.69) is 9.97 Å². The normalized spacial score (nSPS) is 22.0. The number of carbonyl (C=O) groups excluding carboxylic acids is 4. The van der Waals surface area contributed by atoms with E-state index in [0.29, 0.717) is 0 Å². The third-order valence-corrected chi connectivity index (χ3v) is 9.80. The van der Waals surface area contributed by atoms with E-state index in [9.17, 15) is 19.2 Å². The summed E-state index contributed by atoms with van der Waals surface area (Å²) in [6, 6.07) is 1.56. The van der Waals surface area contributed by atoms with E-state index in [0.717, 1.165) is 128 Å². The van der Waals surface area contributed by atoms with Gasteiger partial charge in [0.15, 0.2) is 0 Å². The molecule has 4 aliphatic carbocycles. The number of imide groups is 2. The summed E-state index contributed by atoms with van der Waals surface area (Å²) in [5.41, 5.74) is 0. The van der Waals surface area contributed by atoms with Gasteiger partial charge in [0.25, 0.3) is 0 Å². The van der Waals surface area contributed by atoms with Gasteiger partial charge in [-0.2, -0.15) is 0 Å². The van der Waals surface area contributed by atoms with E-state index in [4.69, 9.17) is 0 Å². The zero-order valence-electron chi connectivity index (χ0n) is 24.0. The largest absolute Gasteiger partial charge is 0.274 e. The van der Waals surface area contributed by atoms with Crippen molar-refractivity contribution < 1.29 is 19.2 Å². The molecular formula is C32H46N4O4. The monoisotopic (exact) mass is 550 g/mol. The molecular weight excluding hydrogens is 504 g/mol. The van der Waals surface area contributed by atoms with Gasteiger partial charge >= 0.3 is 0 Å². The molecule has 0 N–H and O–H groups in total. The minimum absolute atomic E-state index is 0.191. The van der Waals surface area contributed by atoms with Gasteiger partial charge in [0.05, 0.1) is 0 Å². The molecule has 4 fully saturated rings. The summed E-state index contributed by atoms with van der Waals surface area (Å²) in [5, 5.41) is 0. The molecule has 0 unspecified atom stereocenters. The van der Waals surface area contributed by atoms with Crippen LogP contribution in [-0.2, 0) is 19.2 Å². The van der Waals surface area contributed by atoms with Crippen LogP contribution < -0.4 is 9.80 Å². The van der Waals surface area contributed by atoms with E-state index in [-0.39, 0.29) is 58.9 Å². The first-order valence-corrected chi connectivity index (χ1v) is 16.1. The molecule has 8 nitrogen and oxygen atoms in total. The fourth-order valence-electron chi connectivity index (χ4n) is 7.38. The molecule has 5 rings (SSSR count). The van der Waals surface area contributed by atoms with Gasteiger partial charge < -0.3 is 0 Å². The molecule has 0 aliphatic heterocycles. The molecule has 0 aromatic carbocycles. The first-order chi connectivity index (χ1) is 19.5. The van der Waals surface area contributed by atoms with Gasteiger partial charge in [-0.3, -0.25) is 19.2 Å². The van der Waals surface area contributed by atoms with E-state index < -0.39 is 0 Å². The maximum Gasteiger partial charge on any atom is 0.238 e. The summed E-state index contributed by atoms with van der Waals surface area (Å²) >= 11 is 0. The molecule has 4 saturated carbocycles. The second-order valence-corrected chi connectivity index (χ2v) is 12.6. The van der Waals surface area contributed by atoms with Crippen molar-refractivity contribution in [3.05, 3.63) is 12.4 Å². The number of nitrogens with zero attached hydrogens (tertiary/aromatic N) is 4. The number of hydrogen-bond acceptors (Lipinski definition) is 6. The number of carbonyl (C=O) groups is 4. The Balaban J connectivity index is 1.49. The highest BCUT2D eigenvalue weighted by molar-refractivity contribution is 6.18. The Morgan fingerprint density at radius 1 is 0.450 bits per heavy atom. The number of aromatic nitrogens is 2. The molecule has 0 bridgehead atoms. The highest BCUT2D eigenvalue weighted by Gasteiger charge is 2.39. The predicted molar refractivity (Wildman–Crippen MR) is 153 cm³/mol. The highest BCUT2D eigenvalue weighted by Crippen LogP contribution is 2.35. The zero-order chi connectivity index (χ0) is 27.9. The lowest BCUT2D eigenvalue weighted by Gasteiger charge is -2.33. The van der Waals surface area contributed by atoms with Crippen molar-refractivity contribution in [3.8, 4) is 0 Å². The van der Waals surface area contributed by atoms with Gasteiger partial charge in [-0.25, -0.2) is 19.8 Å². The summed E-state index contributed by atoms with van der Waals surface area (Å²) < 4.78 is 0. The van der Waals surface area contributed by atoms with Crippen molar-refractivity contribution in [2.45, 2.75) is 128 Å². The Morgan fingerprint density at radius 2 is 0.700 bits per heavy atom. The fourth-order valence-corrected chi connectivity index (χ4v) is 7.38. The smallest absolute Gasteiger partial charge is 0.238 e. The number of anilines is 2. The van der Waals surface area contributed by atoms with Crippen LogP contribution in [0.2, 0.25) is 0 Å². The quantitative estimate of drug-likeness (QED) is 0.374. The standard InChI is InChI=1S/C32H46N4O4/c37-29(23-13-5-1-6-14-23)35(30(38)24-15-7-2-8-16-24)27-21-28(34-22-33-27)36(31(39)25-17-9-3-10-18-25)32(40)26-19-11-4-12-20-26/h21-26H,1-20H2. The molecule has 40 heavy (non-hydrogen) atoms. The minimum Gasteiger partial charge on any atom is -0.274 e. The second kappa shape index (κ2) is 13.8. The summed E-state index contributed by atoms with van der Waals surface area (Å²) in [5.74, 6) is -1.18. The molecule has 1 heterocycles. The third-order valence-electron chi connectivity index (χ3n) is 9.80. The van der Waals surface area contributed by atoms with Gasteiger partial charge in [0.1, 0.15) is 18.0 Å². The van der Waals surface area contributed by atoms with Crippen molar-refractivity contribution in [2.24, 2.45) is 23.7 Å². The van der Waals surface area contributed by atoms with E-state index in [1.165, 1.54) is 16.1 Å². The Kier molecular flexibility index (Phi) is 9.97. The minimum atomic E-state index is -0.205. The van der Waals surface area contributed by atoms with Crippen LogP contribution in [-0.4, -0.2) is 33.6 Å². The molecule has 0 radical (unpaired) electrons. The Bertz CT molecular complexity index is 912. The van der Waals surface area contributed by atoms with Crippen molar-refractivity contribution in [1.82, 2.24) is 9.97 Å². The molecule has 4 amide bonds. The Morgan fingerprint density at radius 3 is 0.950 bits per heavy atom. The Labute approximate surface area is 238 Å². The third kappa shape index (κ3) is 6.63. The molecule has 1 aromatic heterocycles. The second-order valence-electron chi connectivity index (χ2n) is 12.6. The SMILES string of the molecule is O=C(C1CCCCC1)N(C(=O)C1CCCCC1)c1cc(N(C(=O)C2CCCCC2)C(=O)C2CCCCC2)ncn1. The molecule has 218 valence electrons. The van der Waals surface area contributed by atoms with Crippen molar-refractivity contribution in [3.63, 3.8) is 0 Å². The van der Waals surface area contributed by atoms with Crippen LogP contribution in [0.25, 0.3) is 0 Å². The number of rotatable bonds is 6. The van der Waals surface area contributed by atoms with E-state index >= 15 is 0 Å². The molecule has 1 aromatic rings. The van der Waals surface area contributed by atoms with Gasteiger partial charge in [-0.05, 0) is 51.4 Å². The maximum absolute atomic E-state index is 13.9. The van der Waals surface area contributed by atoms with Gasteiger partial charge in [0, 0.05) is 29.7 Å². The molecule has 0 saturated heterocycles. The molecule has 0 spiro atoms. The summed E-state index contributed by atoms with van der Waals surface area (Å²) in [6.07, 6.45) is 19.8. The number of hydrogen-bond donors (Lipinski definition) is 0.